The molecule has 1 aromatic rings. The Hall–Kier alpha value is -1.75. The van der Waals surface area contributed by atoms with Crippen molar-refractivity contribution in [3.05, 3.63) is 23.8 Å². The van der Waals surface area contributed by atoms with Crippen LogP contribution in [0.2, 0.25) is 0 Å². The second-order valence-electron chi connectivity index (χ2n) is 4.10. The molecule has 1 aromatic carbocycles. The highest BCUT2D eigenvalue weighted by atomic mass is 16.6. The molecular weight excluding hydrogens is 234 g/mol. The first-order valence-corrected chi connectivity index (χ1v) is 5.90. The molecule has 0 spiro atoms. The van der Waals surface area contributed by atoms with Gasteiger partial charge in [0.15, 0.2) is 11.5 Å². The molecule has 1 N–H and O–H groups in total. The van der Waals surface area contributed by atoms with E-state index in [1.54, 1.807) is 6.92 Å². The fourth-order valence-electron chi connectivity index (χ4n) is 1.73. The minimum atomic E-state index is -0.330. The van der Waals surface area contributed by atoms with E-state index in [0.29, 0.717) is 19.8 Å². The van der Waals surface area contributed by atoms with Crippen LogP contribution in [0.25, 0.3) is 0 Å². The van der Waals surface area contributed by atoms with Crippen molar-refractivity contribution in [3.63, 3.8) is 0 Å². The summed E-state index contributed by atoms with van der Waals surface area (Å²) in [7, 11) is 1.38. The van der Waals surface area contributed by atoms with Crippen molar-refractivity contribution in [1.82, 2.24) is 5.32 Å². The van der Waals surface area contributed by atoms with Crippen LogP contribution in [0.4, 0.5) is 0 Å². The first-order valence-electron chi connectivity index (χ1n) is 5.90. The number of hydrogen-bond donors (Lipinski definition) is 1. The molecule has 1 heterocycles. The summed E-state index contributed by atoms with van der Waals surface area (Å²) in [6.45, 7) is 3.50. The van der Waals surface area contributed by atoms with E-state index in [1.165, 1.54) is 7.11 Å². The molecule has 1 atom stereocenters. The molecule has 1 aliphatic heterocycles. The smallest absolute Gasteiger partial charge is 0.322 e. The van der Waals surface area contributed by atoms with Gasteiger partial charge in [0.05, 0.1) is 7.11 Å². The lowest BCUT2D eigenvalue weighted by atomic mass is 10.2. The Kier molecular flexibility index (Phi) is 4.04. The number of rotatable bonds is 4. The molecule has 0 saturated carbocycles. The zero-order valence-electron chi connectivity index (χ0n) is 10.6. The SMILES string of the molecule is COC(=O)[C@H](C)NCc1ccc2c(c1)OCCO2. The highest BCUT2D eigenvalue weighted by Gasteiger charge is 2.14. The highest BCUT2D eigenvalue weighted by molar-refractivity contribution is 5.75. The quantitative estimate of drug-likeness (QED) is 0.812. The number of esters is 1. The predicted octanol–water partition coefficient (Wildman–Crippen LogP) is 1.11. The van der Waals surface area contributed by atoms with Crippen LogP contribution in [0, 0.1) is 0 Å². The fourth-order valence-corrected chi connectivity index (χ4v) is 1.73. The van der Waals surface area contributed by atoms with Gasteiger partial charge in [-0.3, -0.25) is 4.79 Å². The van der Waals surface area contributed by atoms with E-state index < -0.39 is 0 Å². The van der Waals surface area contributed by atoms with Gasteiger partial charge in [-0.05, 0) is 24.6 Å². The van der Waals surface area contributed by atoms with Crippen LogP contribution in [0.3, 0.4) is 0 Å². The molecule has 0 fully saturated rings. The summed E-state index contributed by atoms with van der Waals surface area (Å²) >= 11 is 0. The van der Waals surface area contributed by atoms with Crippen LogP contribution in [0.1, 0.15) is 12.5 Å². The van der Waals surface area contributed by atoms with Crippen LogP contribution in [0.15, 0.2) is 18.2 Å². The number of methoxy groups -OCH3 is 1. The maximum absolute atomic E-state index is 11.2. The molecule has 0 unspecified atom stereocenters. The van der Waals surface area contributed by atoms with Gasteiger partial charge in [0, 0.05) is 6.54 Å². The average Bonchev–Trinajstić information content (AvgIpc) is 2.43. The van der Waals surface area contributed by atoms with Gasteiger partial charge in [0.1, 0.15) is 19.3 Å². The van der Waals surface area contributed by atoms with Gasteiger partial charge in [-0.25, -0.2) is 0 Å². The molecule has 0 radical (unpaired) electrons. The lowest BCUT2D eigenvalue weighted by Gasteiger charge is -2.19. The van der Waals surface area contributed by atoms with Gasteiger partial charge >= 0.3 is 5.97 Å². The van der Waals surface area contributed by atoms with Crippen molar-refractivity contribution >= 4 is 5.97 Å². The number of ether oxygens (including phenoxy) is 3. The van der Waals surface area contributed by atoms with E-state index >= 15 is 0 Å². The summed E-state index contributed by atoms with van der Waals surface area (Å²) in [5.41, 5.74) is 1.04. The maximum atomic E-state index is 11.2. The lowest BCUT2D eigenvalue weighted by molar-refractivity contribution is -0.142. The Morgan fingerprint density at radius 1 is 1.39 bits per heavy atom. The first kappa shape index (κ1) is 12.7. The Bertz CT molecular complexity index is 433. The molecule has 2 rings (SSSR count). The summed E-state index contributed by atoms with van der Waals surface area (Å²) in [5, 5.41) is 3.09. The first-order chi connectivity index (χ1) is 8.70. The predicted molar refractivity (Wildman–Crippen MR) is 65.7 cm³/mol. The van der Waals surface area contributed by atoms with Gasteiger partial charge in [-0.15, -0.1) is 0 Å². The lowest BCUT2D eigenvalue weighted by Crippen LogP contribution is -2.34. The van der Waals surface area contributed by atoms with E-state index in [0.717, 1.165) is 17.1 Å². The molecule has 1 aliphatic rings. The molecule has 5 nitrogen and oxygen atoms in total. The second kappa shape index (κ2) is 5.73. The zero-order valence-corrected chi connectivity index (χ0v) is 10.6. The summed E-state index contributed by atoms with van der Waals surface area (Å²) in [6, 6.07) is 5.42. The van der Waals surface area contributed by atoms with E-state index in [1.807, 2.05) is 18.2 Å². The number of fused-ring (bicyclic) bond motifs is 1. The molecule has 0 saturated heterocycles. The zero-order chi connectivity index (χ0) is 13.0. The number of nitrogens with one attached hydrogen (secondary N) is 1. The largest absolute Gasteiger partial charge is 0.486 e. The van der Waals surface area contributed by atoms with Crippen molar-refractivity contribution < 1.29 is 19.0 Å². The molecule has 0 aromatic heterocycles. The van der Waals surface area contributed by atoms with Crippen molar-refractivity contribution in [2.75, 3.05) is 20.3 Å². The van der Waals surface area contributed by atoms with Crippen molar-refractivity contribution in [3.8, 4) is 11.5 Å². The summed E-state index contributed by atoms with van der Waals surface area (Å²) in [4.78, 5) is 11.2. The third kappa shape index (κ3) is 2.92. The monoisotopic (exact) mass is 251 g/mol. The van der Waals surface area contributed by atoms with Gasteiger partial charge in [-0.1, -0.05) is 6.07 Å². The van der Waals surface area contributed by atoms with Crippen molar-refractivity contribution in [2.45, 2.75) is 19.5 Å². The molecule has 98 valence electrons. The van der Waals surface area contributed by atoms with Crippen molar-refractivity contribution in [2.24, 2.45) is 0 Å². The maximum Gasteiger partial charge on any atom is 0.322 e. The van der Waals surface area contributed by atoms with Crippen LogP contribution in [-0.4, -0.2) is 32.3 Å². The van der Waals surface area contributed by atoms with Crippen molar-refractivity contribution in [1.29, 1.82) is 0 Å². The highest BCUT2D eigenvalue weighted by Crippen LogP contribution is 2.30. The topological polar surface area (TPSA) is 56.8 Å². The number of carbonyl (C=O) groups is 1. The van der Waals surface area contributed by atoms with E-state index in [4.69, 9.17) is 9.47 Å². The van der Waals surface area contributed by atoms with Crippen LogP contribution < -0.4 is 14.8 Å². The van der Waals surface area contributed by atoms with Gasteiger partial charge < -0.3 is 19.5 Å². The Morgan fingerprint density at radius 2 is 2.11 bits per heavy atom. The van der Waals surface area contributed by atoms with Gasteiger partial charge in [0.25, 0.3) is 0 Å². The minimum Gasteiger partial charge on any atom is -0.486 e. The van der Waals surface area contributed by atoms with E-state index in [-0.39, 0.29) is 12.0 Å². The van der Waals surface area contributed by atoms with E-state index in [9.17, 15) is 4.79 Å². The third-order valence-electron chi connectivity index (χ3n) is 2.77. The standard InChI is InChI=1S/C13H17NO4/c1-9(13(15)16-2)14-8-10-3-4-11-12(7-10)18-6-5-17-11/h3-4,7,9,14H,5-6,8H2,1-2H3/t9-/m0/s1. The fraction of sp³-hybridized carbons (Fsp3) is 0.462. The molecular formula is C13H17NO4. The van der Waals surface area contributed by atoms with Gasteiger partial charge in [0.2, 0.25) is 0 Å². The minimum absolute atomic E-state index is 0.271. The Morgan fingerprint density at radius 3 is 2.83 bits per heavy atom. The molecule has 0 amide bonds. The van der Waals surface area contributed by atoms with Gasteiger partial charge in [-0.2, -0.15) is 0 Å². The summed E-state index contributed by atoms with van der Waals surface area (Å²) in [5.74, 6) is 1.25. The average molecular weight is 251 g/mol. The van der Waals surface area contributed by atoms with Crippen LogP contribution in [0.5, 0.6) is 11.5 Å². The van der Waals surface area contributed by atoms with Crippen LogP contribution >= 0.6 is 0 Å². The second-order valence-corrected chi connectivity index (χ2v) is 4.10. The molecule has 18 heavy (non-hydrogen) atoms. The normalized spacial score (nSPS) is 15.0. The Labute approximate surface area is 106 Å². The number of hydrogen-bond acceptors (Lipinski definition) is 5. The van der Waals surface area contributed by atoms with E-state index in [2.05, 4.69) is 10.1 Å². The summed E-state index contributed by atoms with van der Waals surface area (Å²) < 4.78 is 15.6. The third-order valence-corrected chi connectivity index (χ3v) is 2.77. The number of benzene rings is 1. The summed E-state index contributed by atoms with van der Waals surface area (Å²) in [6.07, 6.45) is 0. The number of carbonyl (C=O) groups excluding carboxylic acids is 1. The molecule has 5 heteroatoms. The molecule has 0 aliphatic carbocycles. The Balaban J connectivity index is 1.96. The van der Waals surface area contributed by atoms with Crippen LogP contribution in [-0.2, 0) is 16.1 Å². The molecule has 0 bridgehead atoms.